The van der Waals surface area contributed by atoms with Gasteiger partial charge in [-0.15, -0.1) is 0 Å². The van der Waals surface area contributed by atoms with Gasteiger partial charge in [0.25, 0.3) is 0 Å². The number of para-hydroxylation sites is 1. The number of nitriles is 1. The van der Waals surface area contributed by atoms with Crippen LogP contribution in [0.2, 0.25) is 0 Å². The summed E-state index contributed by atoms with van der Waals surface area (Å²) < 4.78 is 5.80. The second-order valence-corrected chi connectivity index (χ2v) is 4.29. The van der Waals surface area contributed by atoms with Crippen LogP contribution in [0.1, 0.15) is 31.0 Å². The highest BCUT2D eigenvalue weighted by atomic mass is 16.5. The van der Waals surface area contributed by atoms with Gasteiger partial charge >= 0.3 is 0 Å². The molecule has 2 aromatic rings. The van der Waals surface area contributed by atoms with E-state index in [1.807, 2.05) is 24.3 Å². The van der Waals surface area contributed by atoms with Gasteiger partial charge in [0, 0.05) is 0 Å². The number of hydrogen-bond acceptors (Lipinski definition) is 3. The van der Waals surface area contributed by atoms with Crippen molar-refractivity contribution in [3.63, 3.8) is 0 Å². The predicted octanol–water partition coefficient (Wildman–Crippen LogP) is 3.87. The van der Waals surface area contributed by atoms with Gasteiger partial charge in [0.1, 0.15) is 23.3 Å². The quantitative estimate of drug-likeness (QED) is 0.815. The Bertz CT molecular complexity index is 568. The third kappa shape index (κ3) is 2.67. The van der Waals surface area contributed by atoms with Crippen LogP contribution in [0.3, 0.4) is 0 Å². The molecule has 0 spiro atoms. The summed E-state index contributed by atoms with van der Waals surface area (Å²) >= 11 is 0. The Balaban J connectivity index is 2.26. The van der Waals surface area contributed by atoms with E-state index in [0.717, 1.165) is 11.3 Å². The molecule has 18 heavy (non-hydrogen) atoms. The predicted molar refractivity (Wildman–Crippen MR) is 69.6 cm³/mol. The van der Waals surface area contributed by atoms with Gasteiger partial charge in [-0.25, -0.2) is 4.98 Å². The second-order valence-electron chi connectivity index (χ2n) is 4.29. The van der Waals surface area contributed by atoms with Crippen molar-refractivity contribution >= 4 is 0 Å². The molecule has 0 amide bonds. The number of hydrogen-bond donors (Lipinski definition) is 0. The number of nitrogens with zero attached hydrogens (tertiary/aromatic N) is 2. The minimum atomic E-state index is 0.388. The standard InChI is InChI=1S/C15H14N2O/c1-11(2)14-5-3-4-6-15(14)18-13-8-7-12(9-16)17-10-13/h3-8,10-11H,1-2H3. The van der Waals surface area contributed by atoms with Gasteiger partial charge in [0.05, 0.1) is 6.20 Å². The molecule has 90 valence electrons. The Kier molecular flexibility index (Phi) is 3.59. The van der Waals surface area contributed by atoms with Gasteiger partial charge in [0.2, 0.25) is 0 Å². The summed E-state index contributed by atoms with van der Waals surface area (Å²) in [6.45, 7) is 4.25. The zero-order chi connectivity index (χ0) is 13.0. The maximum absolute atomic E-state index is 8.68. The van der Waals surface area contributed by atoms with Gasteiger partial charge in [-0.2, -0.15) is 5.26 Å². The van der Waals surface area contributed by atoms with E-state index in [1.54, 1.807) is 18.3 Å². The van der Waals surface area contributed by atoms with Crippen molar-refractivity contribution < 1.29 is 4.74 Å². The summed E-state index contributed by atoms with van der Waals surface area (Å²) in [7, 11) is 0. The Morgan fingerprint density at radius 3 is 2.56 bits per heavy atom. The van der Waals surface area contributed by atoms with Crippen molar-refractivity contribution in [1.82, 2.24) is 4.98 Å². The molecule has 3 heteroatoms. The summed E-state index contributed by atoms with van der Waals surface area (Å²) in [5, 5.41) is 8.68. The highest BCUT2D eigenvalue weighted by Crippen LogP contribution is 2.29. The van der Waals surface area contributed by atoms with Crippen molar-refractivity contribution in [3.05, 3.63) is 53.9 Å². The summed E-state index contributed by atoms with van der Waals surface area (Å²) in [5.41, 5.74) is 1.54. The van der Waals surface area contributed by atoms with Gasteiger partial charge in [-0.1, -0.05) is 32.0 Å². The molecule has 1 aromatic carbocycles. The third-order valence-electron chi connectivity index (χ3n) is 2.62. The van der Waals surface area contributed by atoms with Crippen molar-refractivity contribution in [2.24, 2.45) is 0 Å². The van der Waals surface area contributed by atoms with E-state index in [2.05, 4.69) is 24.9 Å². The zero-order valence-corrected chi connectivity index (χ0v) is 10.4. The van der Waals surface area contributed by atoms with E-state index in [0.29, 0.717) is 17.4 Å². The molecule has 0 aliphatic carbocycles. The first-order valence-electron chi connectivity index (χ1n) is 5.83. The molecule has 0 atom stereocenters. The van der Waals surface area contributed by atoms with E-state index in [1.165, 1.54) is 0 Å². The maximum Gasteiger partial charge on any atom is 0.145 e. The molecule has 0 aliphatic rings. The average molecular weight is 238 g/mol. The van der Waals surface area contributed by atoms with Crippen molar-refractivity contribution in [2.75, 3.05) is 0 Å². The van der Waals surface area contributed by atoms with Crippen LogP contribution in [-0.2, 0) is 0 Å². The monoisotopic (exact) mass is 238 g/mol. The van der Waals surface area contributed by atoms with Crippen LogP contribution in [-0.4, -0.2) is 4.98 Å². The largest absolute Gasteiger partial charge is 0.455 e. The Hall–Kier alpha value is -2.34. The van der Waals surface area contributed by atoms with Crippen molar-refractivity contribution in [2.45, 2.75) is 19.8 Å². The minimum Gasteiger partial charge on any atom is -0.455 e. The van der Waals surface area contributed by atoms with Crippen LogP contribution in [0, 0.1) is 11.3 Å². The van der Waals surface area contributed by atoms with Gasteiger partial charge < -0.3 is 4.74 Å². The van der Waals surface area contributed by atoms with Gasteiger partial charge in [-0.05, 0) is 29.7 Å². The fourth-order valence-corrected chi connectivity index (χ4v) is 1.68. The molecule has 0 fully saturated rings. The van der Waals surface area contributed by atoms with Crippen LogP contribution < -0.4 is 4.74 Å². The van der Waals surface area contributed by atoms with Crippen molar-refractivity contribution in [1.29, 1.82) is 5.26 Å². The highest BCUT2D eigenvalue weighted by Gasteiger charge is 2.07. The molecule has 0 N–H and O–H groups in total. The summed E-state index contributed by atoms with van der Waals surface area (Å²) in [5.74, 6) is 1.87. The number of aromatic nitrogens is 1. The molecule has 0 aliphatic heterocycles. The van der Waals surface area contributed by atoms with E-state index < -0.39 is 0 Å². The molecule has 0 saturated carbocycles. The SMILES string of the molecule is CC(C)c1ccccc1Oc1ccc(C#N)nc1. The average Bonchev–Trinajstić information content (AvgIpc) is 2.40. The minimum absolute atomic E-state index is 0.388. The van der Waals surface area contributed by atoms with Crippen LogP contribution in [0.5, 0.6) is 11.5 Å². The topological polar surface area (TPSA) is 45.9 Å². The Labute approximate surface area is 107 Å². The zero-order valence-electron chi connectivity index (χ0n) is 10.4. The van der Waals surface area contributed by atoms with Crippen LogP contribution in [0.15, 0.2) is 42.6 Å². The lowest BCUT2D eigenvalue weighted by molar-refractivity contribution is 0.471. The first-order chi connectivity index (χ1) is 8.70. The fraction of sp³-hybridized carbons (Fsp3) is 0.200. The number of ether oxygens (including phenoxy) is 1. The van der Waals surface area contributed by atoms with Crippen molar-refractivity contribution in [3.8, 4) is 17.6 Å². The summed E-state index contributed by atoms with van der Waals surface area (Å²) in [6, 6.07) is 13.3. The molecular weight excluding hydrogens is 224 g/mol. The molecule has 2 rings (SSSR count). The number of rotatable bonds is 3. The highest BCUT2D eigenvalue weighted by molar-refractivity contribution is 5.39. The van der Waals surface area contributed by atoms with Gasteiger partial charge in [-0.3, -0.25) is 0 Å². The molecule has 3 nitrogen and oxygen atoms in total. The van der Waals surface area contributed by atoms with Crippen LogP contribution in [0.25, 0.3) is 0 Å². The molecule has 1 heterocycles. The Morgan fingerprint density at radius 1 is 1.17 bits per heavy atom. The molecule has 1 aromatic heterocycles. The number of benzene rings is 1. The van der Waals surface area contributed by atoms with Crippen LogP contribution in [0.4, 0.5) is 0 Å². The first kappa shape index (κ1) is 12.1. The lowest BCUT2D eigenvalue weighted by Gasteiger charge is -2.13. The molecule has 0 bridgehead atoms. The molecular formula is C15H14N2O. The van der Waals surface area contributed by atoms with E-state index in [4.69, 9.17) is 10.00 Å². The summed E-state index contributed by atoms with van der Waals surface area (Å²) in [4.78, 5) is 3.98. The van der Waals surface area contributed by atoms with E-state index in [9.17, 15) is 0 Å². The smallest absolute Gasteiger partial charge is 0.145 e. The normalized spacial score (nSPS) is 10.1. The molecule has 0 unspecified atom stereocenters. The summed E-state index contributed by atoms with van der Waals surface area (Å²) in [6.07, 6.45) is 1.57. The van der Waals surface area contributed by atoms with E-state index >= 15 is 0 Å². The first-order valence-corrected chi connectivity index (χ1v) is 5.83. The lowest BCUT2D eigenvalue weighted by Crippen LogP contribution is -1.94. The fourth-order valence-electron chi connectivity index (χ4n) is 1.68. The van der Waals surface area contributed by atoms with Crippen LogP contribution >= 0.6 is 0 Å². The third-order valence-corrected chi connectivity index (χ3v) is 2.62. The van der Waals surface area contributed by atoms with Gasteiger partial charge in [0.15, 0.2) is 0 Å². The van der Waals surface area contributed by atoms with E-state index in [-0.39, 0.29) is 0 Å². The Morgan fingerprint density at radius 2 is 1.94 bits per heavy atom. The lowest BCUT2D eigenvalue weighted by atomic mass is 10.0. The molecule has 0 saturated heterocycles. The second kappa shape index (κ2) is 5.33. The molecule has 0 radical (unpaired) electrons. The number of pyridine rings is 1. The maximum atomic E-state index is 8.68.